The molecule has 3 atom stereocenters. The Morgan fingerprint density at radius 2 is 1.67 bits per heavy atom. The summed E-state index contributed by atoms with van der Waals surface area (Å²) in [6.07, 6.45) is 1.19. The van der Waals surface area contributed by atoms with E-state index in [4.69, 9.17) is 5.73 Å². The fraction of sp³-hybridized carbons (Fsp3) is 0.357. The zero-order valence-corrected chi connectivity index (χ0v) is 21.1. The van der Waals surface area contributed by atoms with Crippen molar-refractivity contribution in [3.8, 4) is 11.3 Å². The van der Waals surface area contributed by atoms with Crippen LogP contribution in [0.1, 0.15) is 31.9 Å². The molecular weight excluding hydrogens is 454 g/mol. The van der Waals surface area contributed by atoms with Gasteiger partial charge in [-0.15, -0.1) is 0 Å². The van der Waals surface area contributed by atoms with Gasteiger partial charge in [0.15, 0.2) is 0 Å². The highest BCUT2D eigenvalue weighted by molar-refractivity contribution is 5.81. The van der Waals surface area contributed by atoms with Crippen molar-refractivity contribution < 1.29 is 15.1 Å². The second-order valence-electron chi connectivity index (χ2n) is 10.1. The van der Waals surface area contributed by atoms with Crippen LogP contribution in [0.4, 0.5) is 0 Å². The Morgan fingerprint density at radius 3 is 2.25 bits per heavy atom. The van der Waals surface area contributed by atoms with Crippen LogP contribution in [0.3, 0.4) is 0 Å². The number of carbonyl (C=O) groups excluding carboxylic acids is 1. The SMILES string of the molecule is CC(C)(C)C(N)C(=O)NN(Cc1ccc(-c2ccccn2)cc1)CC(O)C(Cc1ccccc1)NO. The minimum absolute atomic E-state index is 0.0790. The predicted molar refractivity (Wildman–Crippen MR) is 141 cm³/mol. The summed E-state index contributed by atoms with van der Waals surface area (Å²) in [5.41, 5.74) is 14.6. The average Bonchev–Trinajstić information content (AvgIpc) is 2.87. The number of aliphatic hydroxyl groups is 1. The van der Waals surface area contributed by atoms with Crippen LogP contribution in [-0.2, 0) is 17.8 Å². The van der Waals surface area contributed by atoms with E-state index in [2.05, 4.69) is 15.9 Å². The first kappa shape index (κ1) is 27.4. The molecule has 36 heavy (non-hydrogen) atoms. The maximum absolute atomic E-state index is 12.9. The van der Waals surface area contributed by atoms with Crippen molar-refractivity contribution in [2.24, 2.45) is 11.1 Å². The lowest BCUT2D eigenvalue weighted by atomic mass is 9.87. The Bertz CT molecular complexity index is 1070. The van der Waals surface area contributed by atoms with Gasteiger partial charge in [-0.05, 0) is 35.1 Å². The summed E-state index contributed by atoms with van der Waals surface area (Å²) in [7, 11) is 0. The highest BCUT2D eigenvalue weighted by atomic mass is 16.5. The number of aliphatic hydroxyl groups excluding tert-OH is 1. The third kappa shape index (κ3) is 7.94. The number of hydrazine groups is 1. The minimum atomic E-state index is -0.978. The van der Waals surface area contributed by atoms with Gasteiger partial charge in [0, 0.05) is 24.8 Å². The summed E-state index contributed by atoms with van der Waals surface area (Å²) in [5.74, 6) is -0.337. The van der Waals surface area contributed by atoms with Crippen LogP contribution in [0.5, 0.6) is 0 Å². The highest BCUT2D eigenvalue weighted by Crippen LogP contribution is 2.19. The minimum Gasteiger partial charge on any atom is -0.390 e. The molecule has 0 fully saturated rings. The maximum Gasteiger partial charge on any atom is 0.251 e. The van der Waals surface area contributed by atoms with E-state index in [0.717, 1.165) is 22.4 Å². The van der Waals surface area contributed by atoms with Crippen LogP contribution in [-0.4, -0.2) is 50.9 Å². The zero-order valence-electron chi connectivity index (χ0n) is 21.1. The molecule has 192 valence electrons. The van der Waals surface area contributed by atoms with Crippen LogP contribution in [0.15, 0.2) is 79.0 Å². The van der Waals surface area contributed by atoms with Crippen LogP contribution >= 0.6 is 0 Å². The summed E-state index contributed by atoms with van der Waals surface area (Å²) < 4.78 is 0. The van der Waals surface area contributed by atoms with Gasteiger partial charge in [0.2, 0.25) is 0 Å². The molecule has 3 aromatic rings. The Morgan fingerprint density at radius 1 is 1.00 bits per heavy atom. The molecule has 1 aromatic heterocycles. The van der Waals surface area contributed by atoms with Gasteiger partial charge in [-0.25, -0.2) is 5.01 Å². The number of pyridine rings is 1. The Balaban J connectivity index is 1.75. The van der Waals surface area contributed by atoms with Gasteiger partial charge in [-0.2, -0.15) is 5.48 Å². The number of benzene rings is 2. The van der Waals surface area contributed by atoms with E-state index in [9.17, 15) is 15.1 Å². The van der Waals surface area contributed by atoms with E-state index < -0.39 is 23.6 Å². The summed E-state index contributed by atoms with van der Waals surface area (Å²) in [6, 6.07) is 21.9. The van der Waals surface area contributed by atoms with Crippen molar-refractivity contribution in [1.82, 2.24) is 20.9 Å². The number of rotatable bonds is 11. The van der Waals surface area contributed by atoms with Gasteiger partial charge >= 0.3 is 0 Å². The van der Waals surface area contributed by atoms with Crippen molar-refractivity contribution in [3.05, 3.63) is 90.1 Å². The molecule has 3 rings (SSSR count). The number of hydrogen-bond donors (Lipinski definition) is 5. The lowest BCUT2D eigenvalue weighted by Crippen LogP contribution is -2.56. The van der Waals surface area contributed by atoms with Crippen LogP contribution in [0.2, 0.25) is 0 Å². The fourth-order valence-electron chi connectivity index (χ4n) is 3.79. The molecule has 3 unspecified atom stereocenters. The molecule has 1 heterocycles. The first-order chi connectivity index (χ1) is 17.2. The predicted octanol–water partition coefficient (Wildman–Crippen LogP) is 2.91. The van der Waals surface area contributed by atoms with Crippen LogP contribution in [0.25, 0.3) is 11.3 Å². The molecule has 8 heteroatoms. The van der Waals surface area contributed by atoms with E-state index in [-0.39, 0.29) is 12.5 Å². The van der Waals surface area contributed by atoms with Gasteiger partial charge < -0.3 is 16.0 Å². The van der Waals surface area contributed by atoms with Crippen molar-refractivity contribution in [2.45, 2.75) is 51.9 Å². The third-order valence-electron chi connectivity index (χ3n) is 6.11. The lowest BCUT2D eigenvalue weighted by molar-refractivity contribution is -0.130. The summed E-state index contributed by atoms with van der Waals surface area (Å²) in [4.78, 5) is 17.3. The van der Waals surface area contributed by atoms with E-state index in [1.54, 1.807) is 11.2 Å². The topological polar surface area (TPSA) is 124 Å². The van der Waals surface area contributed by atoms with Crippen molar-refractivity contribution in [2.75, 3.05) is 6.54 Å². The Hall–Kier alpha value is -3.14. The van der Waals surface area contributed by atoms with Crippen molar-refractivity contribution in [1.29, 1.82) is 0 Å². The smallest absolute Gasteiger partial charge is 0.251 e. The molecule has 2 aromatic carbocycles. The van der Waals surface area contributed by atoms with Crippen molar-refractivity contribution >= 4 is 5.91 Å². The molecule has 0 aliphatic rings. The maximum atomic E-state index is 12.9. The largest absolute Gasteiger partial charge is 0.390 e. The molecule has 0 saturated carbocycles. The van der Waals surface area contributed by atoms with Crippen molar-refractivity contribution in [3.63, 3.8) is 0 Å². The average molecular weight is 492 g/mol. The number of aromatic nitrogens is 1. The molecule has 0 aliphatic heterocycles. The Kier molecular flexibility index (Phi) is 9.69. The molecule has 0 radical (unpaired) electrons. The van der Waals surface area contributed by atoms with Crippen LogP contribution in [0, 0.1) is 5.41 Å². The molecule has 0 aliphatic carbocycles. The van der Waals surface area contributed by atoms with Gasteiger partial charge in [-0.3, -0.25) is 15.2 Å². The number of nitrogens with zero attached hydrogens (tertiary/aromatic N) is 2. The number of nitrogens with two attached hydrogens (primary N) is 1. The molecule has 6 N–H and O–H groups in total. The molecule has 1 amide bonds. The van der Waals surface area contributed by atoms with Gasteiger partial charge in [-0.1, -0.05) is 81.4 Å². The monoisotopic (exact) mass is 491 g/mol. The van der Waals surface area contributed by atoms with E-state index >= 15 is 0 Å². The molecule has 8 nitrogen and oxygen atoms in total. The number of hydroxylamine groups is 1. The number of carbonyl (C=O) groups is 1. The third-order valence-corrected chi connectivity index (χ3v) is 6.11. The molecule has 0 spiro atoms. The van der Waals surface area contributed by atoms with E-state index in [1.165, 1.54) is 0 Å². The first-order valence-electron chi connectivity index (χ1n) is 12.1. The Labute approximate surface area is 213 Å². The quantitative estimate of drug-likeness (QED) is 0.261. The van der Waals surface area contributed by atoms with E-state index in [0.29, 0.717) is 13.0 Å². The number of hydrogen-bond acceptors (Lipinski definition) is 7. The zero-order chi connectivity index (χ0) is 26.1. The summed E-state index contributed by atoms with van der Waals surface area (Å²) >= 11 is 0. The first-order valence-corrected chi connectivity index (χ1v) is 12.1. The van der Waals surface area contributed by atoms with E-state index in [1.807, 2.05) is 93.6 Å². The van der Waals surface area contributed by atoms with Gasteiger partial charge in [0.1, 0.15) is 0 Å². The molecule has 0 bridgehead atoms. The summed E-state index contributed by atoms with van der Waals surface area (Å²) in [5, 5.41) is 22.3. The van der Waals surface area contributed by atoms with Gasteiger partial charge in [0.05, 0.1) is 23.9 Å². The molecular formula is C28H37N5O3. The second kappa shape index (κ2) is 12.7. The normalized spacial score (nSPS) is 14.3. The van der Waals surface area contributed by atoms with Gasteiger partial charge in [0.25, 0.3) is 5.91 Å². The van der Waals surface area contributed by atoms with Crippen LogP contribution < -0.4 is 16.6 Å². The summed E-state index contributed by atoms with van der Waals surface area (Å²) in [6.45, 7) is 6.12. The molecule has 0 saturated heterocycles. The highest BCUT2D eigenvalue weighted by Gasteiger charge is 2.30. The fourth-order valence-corrected chi connectivity index (χ4v) is 3.79. The number of amides is 1. The lowest BCUT2D eigenvalue weighted by Gasteiger charge is -2.32. The standard InChI is InChI=1S/C28H37N5O3/c1-28(2,3)26(29)27(35)31-33(19-25(34)24(32-36)17-20-9-5-4-6-10-20)18-21-12-14-22(15-13-21)23-11-7-8-16-30-23/h4-16,24-26,32,34,36H,17-19,29H2,1-3H3,(H,31,35). The second-order valence-corrected chi connectivity index (χ2v) is 10.1. The number of nitrogens with one attached hydrogen (secondary N) is 2.